The van der Waals surface area contributed by atoms with E-state index in [1.807, 2.05) is 4.57 Å². The third-order valence-corrected chi connectivity index (χ3v) is 3.66. The summed E-state index contributed by atoms with van der Waals surface area (Å²) in [6.45, 7) is 2.34. The van der Waals surface area contributed by atoms with Gasteiger partial charge in [-0.3, -0.25) is 0 Å². The summed E-state index contributed by atoms with van der Waals surface area (Å²) in [5, 5.41) is 4.67. The maximum atomic E-state index is 6.03. The lowest BCUT2D eigenvalue weighted by atomic mass is 10.3. The van der Waals surface area contributed by atoms with Gasteiger partial charge in [0.15, 0.2) is 5.82 Å². The van der Waals surface area contributed by atoms with Gasteiger partial charge in [0.1, 0.15) is 0 Å². The summed E-state index contributed by atoms with van der Waals surface area (Å²) in [4.78, 5) is 8.42. The van der Waals surface area contributed by atoms with Crippen LogP contribution in [0.2, 0.25) is 10.0 Å². The highest BCUT2D eigenvalue weighted by molar-refractivity contribution is 6.42. The Morgan fingerprint density at radius 3 is 2.70 bits per heavy atom. The van der Waals surface area contributed by atoms with E-state index in [1.165, 1.54) is 0 Å². The minimum atomic E-state index is 0.398. The van der Waals surface area contributed by atoms with Crippen LogP contribution in [0.3, 0.4) is 0 Å². The summed E-state index contributed by atoms with van der Waals surface area (Å²) in [6, 6.07) is 3.45. The average Bonchev–Trinajstić information content (AvgIpc) is 2.92. The van der Waals surface area contributed by atoms with Gasteiger partial charge < -0.3 is 14.8 Å². The minimum absolute atomic E-state index is 0.398. The number of imidazole rings is 1. The predicted molar refractivity (Wildman–Crippen MR) is 76.9 cm³/mol. The van der Waals surface area contributed by atoms with Gasteiger partial charge in [-0.25, -0.2) is 4.98 Å². The second kappa shape index (κ2) is 4.96. The summed E-state index contributed by atoms with van der Waals surface area (Å²) in [6.07, 6.45) is 0.566. The van der Waals surface area contributed by atoms with Crippen molar-refractivity contribution in [3.63, 3.8) is 0 Å². The number of benzene rings is 1. The van der Waals surface area contributed by atoms with Crippen molar-refractivity contribution in [2.45, 2.75) is 19.9 Å². The van der Waals surface area contributed by atoms with E-state index < -0.39 is 0 Å². The number of rotatable bonds is 3. The second-order valence-electron chi connectivity index (χ2n) is 4.36. The minimum Gasteiger partial charge on any atom is -0.369 e. The van der Waals surface area contributed by atoms with Gasteiger partial charge in [-0.05, 0) is 19.1 Å². The number of nitrogen functional groups attached to an aromatic ring is 1. The molecule has 0 aliphatic heterocycles. The lowest BCUT2D eigenvalue weighted by Gasteiger charge is -2.04. The van der Waals surface area contributed by atoms with Gasteiger partial charge in [0.25, 0.3) is 0 Å². The first-order chi connectivity index (χ1) is 9.54. The van der Waals surface area contributed by atoms with Gasteiger partial charge in [-0.2, -0.15) is 4.98 Å². The lowest BCUT2D eigenvalue weighted by Crippen LogP contribution is -2.06. The fraction of sp³-hybridized carbons (Fsp3) is 0.250. The number of aryl methyl sites for hydroxylation is 3. The lowest BCUT2D eigenvalue weighted by molar-refractivity contribution is 0.369. The number of hydrogen-bond acceptors (Lipinski definition) is 5. The number of anilines is 1. The first-order valence-corrected chi connectivity index (χ1v) is 6.70. The molecule has 0 unspecified atom stereocenters. The van der Waals surface area contributed by atoms with Crippen molar-refractivity contribution in [2.75, 3.05) is 5.73 Å². The number of halogens is 2. The number of nitrogens with two attached hydrogens (primary N) is 1. The van der Waals surface area contributed by atoms with E-state index in [0.717, 1.165) is 5.52 Å². The van der Waals surface area contributed by atoms with Crippen LogP contribution in [-0.2, 0) is 13.0 Å². The molecular weight excluding hydrogens is 301 g/mol. The smallest absolute Gasteiger partial charge is 0.228 e. The number of aromatic nitrogens is 4. The Bertz CT molecular complexity index is 780. The van der Waals surface area contributed by atoms with Crippen LogP contribution in [-0.4, -0.2) is 19.7 Å². The Labute approximate surface area is 124 Å². The molecule has 3 aromatic rings. The molecule has 1 aromatic carbocycles. The highest BCUT2D eigenvalue weighted by Crippen LogP contribution is 2.29. The Morgan fingerprint density at radius 1 is 1.25 bits per heavy atom. The Kier molecular flexibility index (Phi) is 3.27. The van der Waals surface area contributed by atoms with E-state index in [9.17, 15) is 0 Å². The van der Waals surface area contributed by atoms with Crippen LogP contribution in [0.4, 0.5) is 5.95 Å². The number of hydrogen-bond donors (Lipinski definition) is 1. The molecular formula is C12H11Cl2N5O. The molecule has 6 nitrogen and oxygen atoms in total. The third kappa shape index (κ3) is 2.32. The van der Waals surface area contributed by atoms with E-state index in [0.29, 0.717) is 46.2 Å². The summed E-state index contributed by atoms with van der Waals surface area (Å²) in [7, 11) is 0. The monoisotopic (exact) mass is 311 g/mol. The molecule has 0 fully saturated rings. The van der Waals surface area contributed by atoms with Crippen molar-refractivity contribution in [3.8, 4) is 0 Å². The molecule has 0 aliphatic rings. The van der Waals surface area contributed by atoms with E-state index in [-0.39, 0.29) is 0 Å². The standard InChI is InChI=1S/C12H11Cl2N5O/c1-6-16-11(20-18-6)2-3-19-10-5-8(14)7(13)4-9(10)17-12(19)15/h4-5H,2-3H2,1H3,(H2,15,17). The summed E-state index contributed by atoms with van der Waals surface area (Å²) in [5.41, 5.74) is 7.46. The van der Waals surface area contributed by atoms with Gasteiger partial charge in [-0.1, -0.05) is 28.4 Å². The van der Waals surface area contributed by atoms with Crippen LogP contribution in [0.1, 0.15) is 11.7 Å². The average molecular weight is 312 g/mol. The molecule has 2 N–H and O–H groups in total. The van der Waals surface area contributed by atoms with Crippen molar-refractivity contribution >= 4 is 40.2 Å². The van der Waals surface area contributed by atoms with E-state index in [2.05, 4.69) is 15.1 Å². The fourth-order valence-electron chi connectivity index (χ4n) is 2.02. The van der Waals surface area contributed by atoms with Crippen LogP contribution < -0.4 is 5.73 Å². The quantitative estimate of drug-likeness (QED) is 0.804. The van der Waals surface area contributed by atoms with E-state index >= 15 is 0 Å². The highest BCUT2D eigenvalue weighted by atomic mass is 35.5. The zero-order chi connectivity index (χ0) is 14.3. The van der Waals surface area contributed by atoms with E-state index in [1.54, 1.807) is 19.1 Å². The van der Waals surface area contributed by atoms with Crippen LogP contribution in [0.15, 0.2) is 16.7 Å². The summed E-state index contributed by atoms with van der Waals surface area (Å²) in [5.74, 6) is 1.57. The maximum absolute atomic E-state index is 6.03. The molecule has 2 heterocycles. The second-order valence-corrected chi connectivity index (χ2v) is 5.18. The Morgan fingerprint density at radius 2 is 2.00 bits per heavy atom. The van der Waals surface area contributed by atoms with E-state index in [4.69, 9.17) is 33.5 Å². The van der Waals surface area contributed by atoms with Gasteiger partial charge in [0, 0.05) is 13.0 Å². The molecule has 0 saturated carbocycles. The largest absolute Gasteiger partial charge is 0.369 e. The molecule has 0 saturated heterocycles. The summed E-state index contributed by atoms with van der Waals surface area (Å²) < 4.78 is 6.92. The van der Waals surface area contributed by atoms with Crippen molar-refractivity contribution in [3.05, 3.63) is 33.9 Å². The van der Waals surface area contributed by atoms with Crippen LogP contribution in [0.5, 0.6) is 0 Å². The van der Waals surface area contributed by atoms with Crippen molar-refractivity contribution in [2.24, 2.45) is 0 Å². The molecule has 0 atom stereocenters. The summed E-state index contributed by atoms with van der Waals surface area (Å²) >= 11 is 12.0. The van der Waals surface area contributed by atoms with Gasteiger partial charge in [0.2, 0.25) is 11.8 Å². The molecule has 104 valence electrons. The van der Waals surface area contributed by atoms with Gasteiger partial charge in [-0.15, -0.1) is 0 Å². The van der Waals surface area contributed by atoms with Crippen LogP contribution in [0, 0.1) is 6.92 Å². The molecule has 0 amide bonds. The van der Waals surface area contributed by atoms with Crippen LogP contribution >= 0.6 is 23.2 Å². The molecule has 0 bridgehead atoms. The predicted octanol–water partition coefficient (Wildman–Crippen LogP) is 2.86. The van der Waals surface area contributed by atoms with Crippen molar-refractivity contribution < 1.29 is 4.52 Å². The SMILES string of the molecule is Cc1noc(CCn2c(N)nc3cc(Cl)c(Cl)cc32)n1. The molecule has 8 heteroatoms. The number of nitrogens with zero attached hydrogens (tertiary/aromatic N) is 4. The van der Waals surface area contributed by atoms with Crippen molar-refractivity contribution in [1.82, 2.24) is 19.7 Å². The topological polar surface area (TPSA) is 82.8 Å². The number of fused-ring (bicyclic) bond motifs is 1. The van der Waals surface area contributed by atoms with Gasteiger partial charge >= 0.3 is 0 Å². The molecule has 20 heavy (non-hydrogen) atoms. The normalized spacial score (nSPS) is 11.3. The molecule has 0 aliphatic carbocycles. The molecule has 0 radical (unpaired) electrons. The zero-order valence-corrected chi connectivity index (χ0v) is 12.1. The van der Waals surface area contributed by atoms with Crippen molar-refractivity contribution in [1.29, 1.82) is 0 Å². The molecule has 0 spiro atoms. The Balaban J connectivity index is 1.94. The third-order valence-electron chi connectivity index (χ3n) is 2.94. The first-order valence-electron chi connectivity index (χ1n) is 5.94. The maximum Gasteiger partial charge on any atom is 0.228 e. The molecule has 3 rings (SSSR count). The molecule has 2 aromatic heterocycles. The first kappa shape index (κ1) is 13.2. The van der Waals surface area contributed by atoms with Crippen LogP contribution in [0.25, 0.3) is 11.0 Å². The zero-order valence-electron chi connectivity index (χ0n) is 10.6. The van der Waals surface area contributed by atoms with Gasteiger partial charge in [0.05, 0.1) is 21.1 Å². The fourth-order valence-corrected chi connectivity index (χ4v) is 2.34. The highest BCUT2D eigenvalue weighted by Gasteiger charge is 2.12. The Hall–Kier alpha value is -1.79.